The summed E-state index contributed by atoms with van der Waals surface area (Å²) in [5.74, 6) is -1.18. The fourth-order valence-electron chi connectivity index (χ4n) is 1.86. The molecule has 0 unspecified atom stereocenters. The molecule has 0 radical (unpaired) electrons. The number of aromatic nitrogens is 2. The standard InChI is InChI=1S/C15H16N2O3/c1-15(2,3)10-6-4-9(5-7-10)11-8-12(13(18)19)17-14(20)16-11/h4-8H,1-3H3,(H,18,19)(H,16,17,20). The summed E-state index contributed by atoms with van der Waals surface area (Å²) >= 11 is 0. The maximum absolute atomic E-state index is 11.4. The molecule has 0 fully saturated rings. The summed E-state index contributed by atoms with van der Waals surface area (Å²) in [7, 11) is 0. The molecule has 0 saturated carbocycles. The number of rotatable bonds is 2. The average Bonchev–Trinajstić information content (AvgIpc) is 2.37. The first kappa shape index (κ1) is 14.0. The predicted molar refractivity (Wildman–Crippen MR) is 76.0 cm³/mol. The fourth-order valence-corrected chi connectivity index (χ4v) is 1.86. The van der Waals surface area contributed by atoms with Crippen molar-refractivity contribution in [3.05, 3.63) is 52.1 Å². The molecule has 0 aliphatic heterocycles. The number of carboxylic acid groups (broad SMARTS) is 1. The van der Waals surface area contributed by atoms with Crippen molar-refractivity contribution in [2.75, 3.05) is 0 Å². The number of aromatic amines is 1. The van der Waals surface area contributed by atoms with Crippen LogP contribution in [-0.2, 0) is 5.41 Å². The van der Waals surface area contributed by atoms with Gasteiger partial charge < -0.3 is 5.11 Å². The van der Waals surface area contributed by atoms with Gasteiger partial charge in [-0.1, -0.05) is 45.0 Å². The molecule has 1 aromatic carbocycles. The third-order valence-corrected chi connectivity index (χ3v) is 3.02. The Morgan fingerprint density at radius 1 is 1.20 bits per heavy atom. The van der Waals surface area contributed by atoms with Crippen LogP contribution in [0.2, 0.25) is 0 Å². The molecule has 0 atom stereocenters. The minimum Gasteiger partial charge on any atom is -0.477 e. The molecule has 0 saturated heterocycles. The van der Waals surface area contributed by atoms with Crippen molar-refractivity contribution in [1.29, 1.82) is 0 Å². The molecule has 0 spiro atoms. The topological polar surface area (TPSA) is 83.0 Å². The first-order valence-electron chi connectivity index (χ1n) is 6.23. The Bertz CT molecular complexity index is 694. The van der Waals surface area contributed by atoms with Crippen LogP contribution in [-0.4, -0.2) is 21.0 Å². The Morgan fingerprint density at radius 2 is 1.80 bits per heavy atom. The number of hydrogen-bond donors (Lipinski definition) is 2. The van der Waals surface area contributed by atoms with Crippen molar-refractivity contribution in [2.24, 2.45) is 0 Å². The highest BCUT2D eigenvalue weighted by Gasteiger charge is 2.14. The number of benzene rings is 1. The maximum Gasteiger partial charge on any atom is 0.352 e. The minimum atomic E-state index is -1.18. The molecule has 0 bridgehead atoms. The summed E-state index contributed by atoms with van der Waals surface area (Å²) in [6.45, 7) is 6.32. The van der Waals surface area contributed by atoms with Gasteiger partial charge in [0.25, 0.3) is 0 Å². The molecule has 0 amide bonds. The number of carbonyl (C=O) groups is 1. The van der Waals surface area contributed by atoms with Crippen LogP contribution >= 0.6 is 0 Å². The second-order valence-electron chi connectivity index (χ2n) is 5.62. The third kappa shape index (κ3) is 2.93. The molecule has 5 heteroatoms. The van der Waals surface area contributed by atoms with Crippen molar-refractivity contribution >= 4 is 5.97 Å². The van der Waals surface area contributed by atoms with Crippen LogP contribution < -0.4 is 5.69 Å². The first-order chi connectivity index (χ1) is 9.27. The normalized spacial score (nSPS) is 11.3. The average molecular weight is 272 g/mol. The predicted octanol–water partition coefficient (Wildman–Crippen LogP) is 2.43. The van der Waals surface area contributed by atoms with Crippen LogP contribution in [0.25, 0.3) is 11.3 Å². The molecule has 1 heterocycles. The van der Waals surface area contributed by atoms with Crippen molar-refractivity contribution in [2.45, 2.75) is 26.2 Å². The van der Waals surface area contributed by atoms with Crippen molar-refractivity contribution in [3.63, 3.8) is 0 Å². The number of nitrogens with zero attached hydrogens (tertiary/aromatic N) is 1. The van der Waals surface area contributed by atoms with Gasteiger partial charge in [0.1, 0.15) is 5.69 Å². The minimum absolute atomic E-state index is 0.0341. The van der Waals surface area contributed by atoms with E-state index in [2.05, 4.69) is 30.7 Å². The summed E-state index contributed by atoms with van der Waals surface area (Å²) in [5, 5.41) is 8.93. The van der Waals surface area contributed by atoms with E-state index in [9.17, 15) is 9.59 Å². The molecular formula is C15H16N2O3. The van der Waals surface area contributed by atoms with Crippen LogP contribution in [0.3, 0.4) is 0 Å². The van der Waals surface area contributed by atoms with Gasteiger partial charge >= 0.3 is 11.7 Å². The van der Waals surface area contributed by atoms with Gasteiger partial charge in [0.2, 0.25) is 0 Å². The smallest absolute Gasteiger partial charge is 0.352 e. The van der Waals surface area contributed by atoms with Crippen LogP contribution in [0.15, 0.2) is 35.1 Å². The summed E-state index contributed by atoms with van der Waals surface area (Å²) in [4.78, 5) is 28.3. The molecule has 2 rings (SSSR count). The van der Waals surface area contributed by atoms with Gasteiger partial charge in [-0.2, -0.15) is 4.98 Å². The SMILES string of the molecule is CC(C)(C)c1ccc(-c2cc(C(=O)O)[nH]c(=O)n2)cc1. The molecule has 5 nitrogen and oxygen atoms in total. The first-order valence-corrected chi connectivity index (χ1v) is 6.23. The van der Waals surface area contributed by atoms with E-state index < -0.39 is 11.7 Å². The number of carboxylic acids is 1. The van der Waals surface area contributed by atoms with Crippen LogP contribution in [0, 0.1) is 0 Å². The monoisotopic (exact) mass is 272 g/mol. The maximum atomic E-state index is 11.4. The van der Waals surface area contributed by atoms with E-state index in [4.69, 9.17) is 5.11 Å². The van der Waals surface area contributed by atoms with Gasteiger partial charge in [-0.25, -0.2) is 9.59 Å². The molecule has 2 N–H and O–H groups in total. The third-order valence-electron chi connectivity index (χ3n) is 3.02. The Kier molecular flexibility index (Phi) is 3.44. The summed E-state index contributed by atoms with van der Waals surface area (Å²) in [5.41, 5.74) is 1.43. The lowest BCUT2D eigenvalue weighted by Gasteiger charge is -2.19. The van der Waals surface area contributed by atoms with Gasteiger partial charge in [-0.15, -0.1) is 0 Å². The van der Waals surface area contributed by atoms with Gasteiger partial charge in [-0.05, 0) is 17.0 Å². The zero-order valence-electron chi connectivity index (χ0n) is 11.6. The highest BCUT2D eigenvalue weighted by Crippen LogP contribution is 2.25. The van der Waals surface area contributed by atoms with E-state index in [1.807, 2.05) is 24.3 Å². The van der Waals surface area contributed by atoms with E-state index in [0.717, 1.165) is 5.56 Å². The summed E-state index contributed by atoms with van der Waals surface area (Å²) in [6.07, 6.45) is 0. The molecule has 2 aromatic rings. The Morgan fingerprint density at radius 3 is 2.30 bits per heavy atom. The largest absolute Gasteiger partial charge is 0.477 e. The number of aromatic carboxylic acids is 1. The molecule has 1 aromatic heterocycles. The molecule has 0 aliphatic carbocycles. The van der Waals surface area contributed by atoms with Crippen LogP contribution in [0.5, 0.6) is 0 Å². The number of hydrogen-bond acceptors (Lipinski definition) is 3. The molecule has 104 valence electrons. The number of nitrogens with one attached hydrogen (secondary N) is 1. The van der Waals surface area contributed by atoms with E-state index in [-0.39, 0.29) is 11.1 Å². The van der Waals surface area contributed by atoms with E-state index in [0.29, 0.717) is 11.3 Å². The Labute approximate surface area is 116 Å². The molecule has 20 heavy (non-hydrogen) atoms. The summed E-state index contributed by atoms with van der Waals surface area (Å²) in [6, 6.07) is 8.95. The zero-order valence-corrected chi connectivity index (χ0v) is 11.6. The Balaban J connectivity index is 2.47. The van der Waals surface area contributed by atoms with Crippen molar-refractivity contribution < 1.29 is 9.90 Å². The van der Waals surface area contributed by atoms with Crippen molar-refractivity contribution in [1.82, 2.24) is 9.97 Å². The van der Waals surface area contributed by atoms with Crippen molar-refractivity contribution in [3.8, 4) is 11.3 Å². The van der Waals surface area contributed by atoms with Crippen LogP contribution in [0.1, 0.15) is 36.8 Å². The lowest BCUT2D eigenvalue weighted by Crippen LogP contribution is -2.16. The molecular weight excluding hydrogens is 256 g/mol. The van der Waals surface area contributed by atoms with Gasteiger partial charge in [0.05, 0.1) is 5.69 Å². The number of H-pyrrole nitrogens is 1. The van der Waals surface area contributed by atoms with E-state index in [1.54, 1.807) is 0 Å². The lowest BCUT2D eigenvalue weighted by atomic mass is 9.86. The van der Waals surface area contributed by atoms with E-state index >= 15 is 0 Å². The van der Waals surface area contributed by atoms with Gasteiger partial charge in [-0.3, -0.25) is 4.98 Å². The highest BCUT2D eigenvalue weighted by atomic mass is 16.4. The van der Waals surface area contributed by atoms with E-state index in [1.165, 1.54) is 6.07 Å². The zero-order chi connectivity index (χ0) is 14.9. The van der Waals surface area contributed by atoms with Gasteiger partial charge in [0.15, 0.2) is 0 Å². The van der Waals surface area contributed by atoms with Crippen LogP contribution in [0.4, 0.5) is 0 Å². The summed E-state index contributed by atoms with van der Waals surface area (Å²) < 4.78 is 0. The molecule has 0 aliphatic rings. The fraction of sp³-hybridized carbons (Fsp3) is 0.267. The second-order valence-corrected chi connectivity index (χ2v) is 5.62. The van der Waals surface area contributed by atoms with Gasteiger partial charge in [0, 0.05) is 5.56 Å². The second kappa shape index (κ2) is 4.92. The Hall–Kier alpha value is -2.43. The highest BCUT2D eigenvalue weighted by molar-refractivity contribution is 5.86. The lowest BCUT2D eigenvalue weighted by molar-refractivity contribution is 0.0690. The quantitative estimate of drug-likeness (QED) is 0.879.